The van der Waals surface area contributed by atoms with Gasteiger partial charge in [-0.05, 0) is 73.6 Å². The van der Waals surface area contributed by atoms with Crippen molar-refractivity contribution in [2.45, 2.75) is 59.4 Å². The molecule has 2 aromatic carbocycles. The molecule has 3 aromatic rings. The number of hydrogen-bond acceptors (Lipinski definition) is 4. The van der Waals surface area contributed by atoms with Crippen molar-refractivity contribution < 1.29 is 0 Å². The number of allylic oxidation sites excluding steroid dienone is 3. The van der Waals surface area contributed by atoms with Gasteiger partial charge in [0, 0.05) is 31.2 Å². The fraction of sp³-hybridized carbons (Fsp3) is 0.371. The van der Waals surface area contributed by atoms with Crippen LogP contribution in [0.5, 0.6) is 0 Å². The smallest absolute Gasteiger partial charge is 0.155 e. The molecule has 1 aliphatic heterocycles. The van der Waals surface area contributed by atoms with Crippen molar-refractivity contribution in [1.29, 1.82) is 0 Å². The maximum atomic E-state index is 4.81. The van der Waals surface area contributed by atoms with Gasteiger partial charge >= 0.3 is 0 Å². The largest absolute Gasteiger partial charge is 0.380 e. The van der Waals surface area contributed by atoms with Crippen LogP contribution in [0.25, 0.3) is 16.8 Å². The second kappa shape index (κ2) is 11.7. The molecule has 1 N–H and O–H groups in total. The second-order valence-corrected chi connectivity index (χ2v) is 11.6. The summed E-state index contributed by atoms with van der Waals surface area (Å²) >= 11 is 0. The van der Waals surface area contributed by atoms with Crippen LogP contribution in [0.4, 0.5) is 0 Å². The summed E-state index contributed by atoms with van der Waals surface area (Å²) in [6.07, 6.45) is 9.56. The summed E-state index contributed by atoms with van der Waals surface area (Å²) in [4.78, 5) is 11.8. The van der Waals surface area contributed by atoms with Gasteiger partial charge < -0.3 is 10.2 Å². The molecular weight excluding hydrogens is 476 g/mol. The molecular formula is C35H42N4. The maximum absolute atomic E-state index is 4.81. The summed E-state index contributed by atoms with van der Waals surface area (Å²) in [7, 11) is 2.23. The minimum absolute atomic E-state index is 0.523. The number of nitrogens with one attached hydrogen (secondary N) is 1. The van der Waals surface area contributed by atoms with Crippen molar-refractivity contribution >= 4 is 16.8 Å². The first-order chi connectivity index (χ1) is 18.9. The van der Waals surface area contributed by atoms with E-state index in [1.165, 1.54) is 59.3 Å². The quantitative estimate of drug-likeness (QED) is 0.299. The van der Waals surface area contributed by atoms with E-state index in [1.807, 2.05) is 12.3 Å². The molecule has 0 bridgehead atoms. The van der Waals surface area contributed by atoms with Crippen LogP contribution in [0, 0.1) is 12.3 Å². The van der Waals surface area contributed by atoms with Crippen LogP contribution in [-0.4, -0.2) is 35.0 Å². The number of nitrogens with zero attached hydrogens (tertiary/aromatic N) is 3. The maximum Gasteiger partial charge on any atom is 0.155 e. The predicted octanol–water partition coefficient (Wildman–Crippen LogP) is 7.67. The number of hydrogen-bond donors (Lipinski definition) is 1. The summed E-state index contributed by atoms with van der Waals surface area (Å²) in [5.41, 5.74) is 11.6. The fourth-order valence-corrected chi connectivity index (χ4v) is 6.24. The van der Waals surface area contributed by atoms with Gasteiger partial charge in [-0.1, -0.05) is 92.6 Å². The summed E-state index contributed by atoms with van der Waals surface area (Å²) in [6, 6.07) is 20.0. The highest BCUT2D eigenvalue weighted by Crippen LogP contribution is 2.54. The van der Waals surface area contributed by atoms with Gasteiger partial charge in [0.1, 0.15) is 0 Å². The number of benzene rings is 2. The SMILES string of the molecule is C=C(NCc1ccc(C(=C2CC3(C2)CN(C)C3)c2ccc(C)cc2)cc1)c1ccnc(/C(=C/CC)CCC)n1. The molecule has 0 amide bonds. The molecule has 39 heavy (non-hydrogen) atoms. The highest BCUT2D eigenvalue weighted by Gasteiger charge is 2.49. The van der Waals surface area contributed by atoms with Crippen LogP contribution in [-0.2, 0) is 6.54 Å². The molecule has 1 aromatic heterocycles. The van der Waals surface area contributed by atoms with Crippen LogP contribution in [0.2, 0.25) is 0 Å². The fourth-order valence-electron chi connectivity index (χ4n) is 6.24. The summed E-state index contributed by atoms with van der Waals surface area (Å²) in [5.74, 6) is 0.812. The highest BCUT2D eigenvalue weighted by molar-refractivity contribution is 5.83. The molecule has 2 aliphatic rings. The molecule has 1 spiro atoms. The van der Waals surface area contributed by atoms with Gasteiger partial charge in [-0.2, -0.15) is 0 Å². The minimum atomic E-state index is 0.523. The van der Waals surface area contributed by atoms with Gasteiger partial charge in [0.05, 0.1) is 11.4 Å². The molecule has 4 heteroatoms. The third-order valence-electron chi connectivity index (χ3n) is 8.05. The van der Waals surface area contributed by atoms with E-state index >= 15 is 0 Å². The van der Waals surface area contributed by atoms with Gasteiger partial charge in [-0.25, -0.2) is 9.97 Å². The van der Waals surface area contributed by atoms with Gasteiger partial charge in [0.2, 0.25) is 0 Å². The van der Waals surface area contributed by atoms with E-state index in [2.05, 4.69) is 104 Å². The lowest BCUT2D eigenvalue weighted by molar-refractivity contribution is -0.0106. The van der Waals surface area contributed by atoms with Crippen LogP contribution in [0.1, 0.15) is 79.7 Å². The zero-order valence-electron chi connectivity index (χ0n) is 24.1. The zero-order chi connectivity index (χ0) is 27.4. The van der Waals surface area contributed by atoms with E-state index in [-0.39, 0.29) is 0 Å². The first-order valence-electron chi connectivity index (χ1n) is 14.4. The number of aromatic nitrogens is 2. The Labute approximate surface area is 234 Å². The van der Waals surface area contributed by atoms with Crippen molar-refractivity contribution in [3.8, 4) is 0 Å². The van der Waals surface area contributed by atoms with Gasteiger partial charge in [0.25, 0.3) is 0 Å². The first-order valence-corrected chi connectivity index (χ1v) is 14.4. The molecule has 5 rings (SSSR count). The number of rotatable bonds is 10. The molecule has 202 valence electrons. The Hall–Kier alpha value is -3.50. The molecule has 1 aliphatic carbocycles. The Balaban J connectivity index is 1.29. The standard InChI is InChI=1S/C35H42N4/c1-6-8-30(9-7-2)34-36-19-18-32(38-34)26(4)37-22-27-12-16-29(17-13-27)33(28-14-10-25(3)11-15-28)31-20-35(21-31)23-39(5)24-35/h8,10-19,37H,4,6-7,9,20-24H2,1-3,5H3/b30-8+. The molecule has 4 nitrogen and oxygen atoms in total. The van der Waals surface area contributed by atoms with Crippen molar-refractivity contribution in [2.24, 2.45) is 5.41 Å². The van der Waals surface area contributed by atoms with Crippen LogP contribution >= 0.6 is 0 Å². The second-order valence-electron chi connectivity index (χ2n) is 11.6. The normalized spacial score (nSPS) is 16.5. The van der Waals surface area contributed by atoms with E-state index in [1.54, 1.807) is 5.57 Å². The van der Waals surface area contributed by atoms with Gasteiger partial charge in [0.15, 0.2) is 5.82 Å². The molecule has 0 unspecified atom stereocenters. The van der Waals surface area contributed by atoms with E-state index in [9.17, 15) is 0 Å². The Bertz CT molecular complexity index is 1360. The molecule has 2 heterocycles. The van der Waals surface area contributed by atoms with Gasteiger partial charge in [-0.15, -0.1) is 0 Å². The Morgan fingerprint density at radius 3 is 2.28 bits per heavy atom. The highest BCUT2D eigenvalue weighted by atomic mass is 15.2. The lowest BCUT2D eigenvalue weighted by Gasteiger charge is -2.56. The Morgan fingerprint density at radius 1 is 1.00 bits per heavy atom. The molecule has 0 radical (unpaired) electrons. The Morgan fingerprint density at radius 2 is 1.67 bits per heavy atom. The average molecular weight is 519 g/mol. The van der Waals surface area contributed by atoms with Crippen molar-refractivity contribution in [3.05, 3.63) is 113 Å². The third kappa shape index (κ3) is 6.07. The van der Waals surface area contributed by atoms with Crippen molar-refractivity contribution in [1.82, 2.24) is 20.2 Å². The topological polar surface area (TPSA) is 41.0 Å². The van der Waals surface area contributed by atoms with E-state index in [4.69, 9.17) is 4.98 Å². The molecule has 0 atom stereocenters. The van der Waals surface area contributed by atoms with Gasteiger partial charge in [-0.3, -0.25) is 0 Å². The molecule has 1 saturated carbocycles. The molecule has 1 saturated heterocycles. The van der Waals surface area contributed by atoms with E-state index in [0.29, 0.717) is 12.0 Å². The van der Waals surface area contributed by atoms with Crippen LogP contribution in [0.3, 0.4) is 0 Å². The monoisotopic (exact) mass is 518 g/mol. The minimum Gasteiger partial charge on any atom is -0.380 e. The number of aryl methyl sites for hydroxylation is 1. The van der Waals surface area contributed by atoms with E-state index in [0.717, 1.165) is 36.5 Å². The zero-order valence-corrected chi connectivity index (χ0v) is 24.1. The van der Waals surface area contributed by atoms with E-state index < -0.39 is 0 Å². The lowest BCUT2D eigenvalue weighted by atomic mass is 9.59. The Kier molecular flexibility index (Phi) is 8.13. The van der Waals surface area contributed by atoms with Crippen LogP contribution in [0.15, 0.2) is 79.0 Å². The molecule has 2 fully saturated rings. The third-order valence-corrected chi connectivity index (χ3v) is 8.05. The average Bonchev–Trinajstić information content (AvgIpc) is 2.91. The summed E-state index contributed by atoms with van der Waals surface area (Å²) < 4.78 is 0. The van der Waals surface area contributed by atoms with Crippen LogP contribution < -0.4 is 5.32 Å². The number of likely N-dealkylation sites (tertiary alicyclic amines) is 1. The first kappa shape index (κ1) is 27.1. The lowest BCUT2D eigenvalue weighted by Crippen LogP contribution is -2.58. The summed E-state index contributed by atoms with van der Waals surface area (Å²) in [6.45, 7) is 13.9. The summed E-state index contributed by atoms with van der Waals surface area (Å²) in [5, 5.41) is 3.49. The van der Waals surface area contributed by atoms with Crippen molar-refractivity contribution in [2.75, 3.05) is 20.1 Å². The predicted molar refractivity (Wildman–Crippen MR) is 164 cm³/mol. The van der Waals surface area contributed by atoms with Crippen molar-refractivity contribution in [3.63, 3.8) is 0 Å².